The Balaban J connectivity index is 1.48. The van der Waals surface area contributed by atoms with Gasteiger partial charge in [-0.1, -0.05) is 18.9 Å². The maximum Gasteiger partial charge on any atom is 0.326 e. The van der Waals surface area contributed by atoms with E-state index in [4.69, 9.17) is 0 Å². The maximum atomic E-state index is 13.4. The van der Waals surface area contributed by atoms with Crippen LogP contribution in [0, 0.1) is 0 Å². The van der Waals surface area contributed by atoms with Crippen molar-refractivity contribution in [3.8, 4) is 0 Å². The summed E-state index contributed by atoms with van der Waals surface area (Å²) in [6.07, 6.45) is 7.98. The number of rotatable bonds is 3. The van der Waals surface area contributed by atoms with Crippen LogP contribution in [-0.4, -0.2) is 45.0 Å². The molecule has 1 aliphatic heterocycles. The largest absolute Gasteiger partial charge is 0.329 e. The Labute approximate surface area is 168 Å². The summed E-state index contributed by atoms with van der Waals surface area (Å²) in [5, 5.41) is 3.37. The lowest BCUT2D eigenvalue weighted by Gasteiger charge is -2.36. The first kappa shape index (κ1) is 18.1. The first-order valence-electron chi connectivity index (χ1n) is 10.4. The minimum Gasteiger partial charge on any atom is -0.329 e. The molecule has 7 nitrogen and oxygen atoms in total. The van der Waals surface area contributed by atoms with Gasteiger partial charge in [-0.3, -0.25) is 14.3 Å². The monoisotopic (exact) mass is 391 g/mol. The second-order valence-corrected chi connectivity index (χ2v) is 7.98. The first-order valence-corrected chi connectivity index (χ1v) is 10.4. The molecule has 1 aromatic carbocycles. The fourth-order valence-electron chi connectivity index (χ4n) is 4.77. The van der Waals surface area contributed by atoms with E-state index in [2.05, 4.69) is 15.3 Å². The van der Waals surface area contributed by atoms with Crippen LogP contribution >= 0.6 is 0 Å². The molecular formula is C22H25N5O2. The van der Waals surface area contributed by atoms with E-state index in [1.54, 1.807) is 6.20 Å². The molecule has 0 spiro atoms. The summed E-state index contributed by atoms with van der Waals surface area (Å²) < 4.78 is 1.87. The van der Waals surface area contributed by atoms with Crippen LogP contribution in [-0.2, 0) is 0 Å². The van der Waals surface area contributed by atoms with Crippen LogP contribution in [0.25, 0.3) is 11.0 Å². The third-order valence-electron chi connectivity index (χ3n) is 6.23. The molecule has 0 radical (unpaired) electrons. The topological polar surface area (TPSA) is 83.0 Å². The van der Waals surface area contributed by atoms with Gasteiger partial charge in [0.25, 0.3) is 5.91 Å². The van der Waals surface area contributed by atoms with Crippen LogP contribution in [0.1, 0.15) is 53.7 Å². The highest BCUT2D eigenvalue weighted by atomic mass is 16.2. The third kappa shape index (κ3) is 3.25. The number of pyridine rings is 1. The van der Waals surface area contributed by atoms with E-state index in [0.29, 0.717) is 18.7 Å². The van der Waals surface area contributed by atoms with E-state index >= 15 is 0 Å². The molecule has 29 heavy (non-hydrogen) atoms. The molecule has 1 unspecified atom stereocenters. The van der Waals surface area contributed by atoms with E-state index in [1.807, 2.05) is 46.0 Å². The number of carbonyl (C=O) groups excluding carboxylic acids is 1. The number of hydrogen-bond donors (Lipinski definition) is 2. The lowest BCUT2D eigenvalue weighted by Crippen LogP contribution is -2.48. The Kier molecular flexibility index (Phi) is 4.67. The van der Waals surface area contributed by atoms with Gasteiger partial charge < -0.3 is 15.2 Å². The van der Waals surface area contributed by atoms with Crippen molar-refractivity contribution in [3.05, 3.63) is 64.3 Å². The molecule has 1 aliphatic carbocycles. The molecule has 1 saturated carbocycles. The molecule has 2 fully saturated rings. The number of hydrogen-bond acceptors (Lipinski definition) is 4. The van der Waals surface area contributed by atoms with E-state index in [1.165, 1.54) is 12.8 Å². The molecule has 150 valence electrons. The average molecular weight is 391 g/mol. The lowest BCUT2D eigenvalue weighted by molar-refractivity contribution is 0.0634. The van der Waals surface area contributed by atoms with Crippen molar-refractivity contribution in [3.63, 3.8) is 0 Å². The number of aromatic amines is 1. The number of imidazole rings is 1. The minimum absolute atomic E-state index is 0.0169. The molecule has 2 aliphatic rings. The van der Waals surface area contributed by atoms with Crippen LogP contribution in [0.3, 0.4) is 0 Å². The van der Waals surface area contributed by atoms with Gasteiger partial charge in [-0.25, -0.2) is 4.79 Å². The second-order valence-electron chi connectivity index (χ2n) is 7.98. The molecule has 0 bridgehead atoms. The highest BCUT2D eigenvalue weighted by Gasteiger charge is 2.29. The Morgan fingerprint density at radius 1 is 1.17 bits per heavy atom. The summed E-state index contributed by atoms with van der Waals surface area (Å²) >= 11 is 0. The van der Waals surface area contributed by atoms with Crippen LogP contribution in [0.4, 0.5) is 0 Å². The zero-order valence-corrected chi connectivity index (χ0v) is 16.3. The highest BCUT2D eigenvalue weighted by Crippen LogP contribution is 2.31. The predicted molar refractivity (Wildman–Crippen MR) is 111 cm³/mol. The number of H-pyrrole nitrogens is 1. The van der Waals surface area contributed by atoms with E-state index in [9.17, 15) is 9.59 Å². The number of carbonyl (C=O) groups is 1. The number of amides is 1. The molecule has 3 heterocycles. The quantitative estimate of drug-likeness (QED) is 0.719. The molecule has 1 amide bonds. The standard InChI is InChI=1S/C22H25N5O2/c28-21(26-11-10-24-14-20(26)16-4-3-9-23-13-16)15-7-8-19-18(12-15)25-22(29)27(19)17-5-1-2-6-17/h3-4,7-9,12-13,17,20,24H,1-2,5-6,10-11,14H2,(H,25,29). The summed E-state index contributed by atoms with van der Waals surface area (Å²) in [4.78, 5) is 35.0. The van der Waals surface area contributed by atoms with Gasteiger partial charge in [0, 0.05) is 43.6 Å². The summed E-state index contributed by atoms with van der Waals surface area (Å²) in [5.41, 5.74) is 3.18. The summed E-state index contributed by atoms with van der Waals surface area (Å²) in [6.45, 7) is 2.10. The molecular weight excluding hydrogens is 366 g/mol. The second kappa shape index (κ2) is 7.48. The average Bonchev–Trinajstić information content (AvgIpc) is 3.40. The van der Waals surface area contributed by atoms with E-state index < -0.39 is 0 Å². The Bertz CT molecular complexity index is 1080. The van der Waals surface area contributed by atoms with Gasteiger partial charge in [-0.05, 0) is 42.7 Å². The lowest BCUT2D eigenvalue weighted by atomic mass is 10.0. The van der Waals surface area contributed by atoms with Crippen molar-refractivity contribution in [2.75, 3.05) is 19.6 Å². The number of nitrogens with zero attached hydrogens (tertiary/aromatic N) is 3. The third-order valence-corrected chi connectivity index (χ3v) is 6.23. The Morgan fingerprint density at radius 2 is 2.03 bits per heavy atom. The number of fused-ring (bicyclic) bond motifs is 1. The fraction of sp³-hybridized carbons (Fsp3) is 0.409. The van der Waals surface area contributed by atoms with Crippen molar-refractivity contribution in [1.82, 2.24) is 24.8 Å². The number of piperazine rings is 1. The number of nitrogens with one attached hydrogen (secondary N) is 2. The molecule has 5 rings (SSSR count). The van der Waals surface area contributed by atoms with Crippen LogP contribution < -0.4 is 11.0 Å². The van der Waals surface area contributed by atoms with Gasteiger partial charge in [0.05, 0.1) is 17.1 Å². The van der Waals surface area contributed by atoms with Crippen LogP contribution in [0.2, 0.25) is 0 Å². The van der Waals surface area contributed by atoms with E-state index in [0.717, 1.165) is 36.0 Å². The van der Waals surface area contributed by atoms with Gasteiger partial charge in [0.2, 0.25) is 0 Å². The molecule has 2 N–H and O–H groups in total. The van der Waals surface area contributed by atoms with Crippen molar-refractivity contribution in [1.29, 1.82) is 0 Å². The normalized spacial score (nSPS) is 20.4. The van der Waals surface area contributed by atoms with Crippen LogP contribution in [0.15, 0.2) is 47.5 Å². The Morgan fingerprint density at radius 3 is 2.83 bits per heavy atom. The predicted octanol–water partition coefficient (Wildman–Crippen LogP) is 2.63. The summed E-state index contributed by atoms with van der Waals surface area (Å²) in [7, 11) is 0. The first-order chi connectivity index (χ1) is 14.2. The van der Waals surface area contributed by atoms with Crippen molar-refractivity contribution < 1.29 is 4.79 Å². The fourth-order valence-corrected chi connectivity index (χ4v) is 4.77. The van der Waals surface area contributed by atoms with Crippen molar-refractivity contribution in [2.45, 2.75) is 37.8 Å². The summed E-state index contributed by atoms with van der Waals surface area (Å²) in [5.74, 6) is -0.0169. The smallest absolute Gasteiger partial charge is 0.326 e. The van der Waals surface area contributed by atoms with E-state index in [-0.39, 0.29) is 23.7 Å². The minimum atomic E-state index is -0.0769. The van der Waals surface area contributed by atoms with Crippen molar-refractivity contribution >= 4 is 16.9 Å². The van der Waals surface area contributed by atoms with Gasteiger partial charge in [-0.15, -0.1) is 0 Å². The molecule has 7 heteroatoms. The summed E-state index contributed by atoms with van der Waals surface area (Å²) in [6, 6.07) is 9.71. The molecule has 3 aromatic rings. The Hall–Kier alpha value is -2.93. The number of benzene rings is 1. The van der Waals surface area contributed by atoms with Gasteiger partial charge in [0.1, 0.15) is 0 Å². The van der Waals surface area contributed by atoms with Gasteiger partial charge in [0.15, 0.2) is 0 Å². The molecule has 1 saturated heterocycles. The zero-order chi connectivity index (χ0) is 19.8. The highest BCUT2D eigenvalue weighted by molar-refractivity contribution is 5.97. The zero-order valence-electron chi connectivity index (χ0n) is 16.3. The molecule has 2 aromatic heterocycles. The molecule has 1 atom stereocenters. The maximum absolute atomic E-state index is 13.4. The number of aromatic nitrogens is 3. The van der Waals surface area contributed by atoms with Crippen molar-refractivity contribution in [2.24, 2.45) is 0 Å². The van der Waals surface area contributed by atoms with Gasteiger partial charge in [-0.2, -0.15) is 0 Å². The SMILES string of the molecule is O=C(c1ccc2c(c1)[nH]c(=O)n2C1CCCC1)N1CCNCC1c1cccnc1. The van der Waals surface area contributed by atoms with Gasteiger partial charge >= 0.3 is 5.69 Å². The van der Waals surface area contributed by atoms with Crippen LogP contribution in [0.5, 0.6) is 0 Å².